The lowest BCUT2D eigenvalue weighted by Crippen LogP contribution is -2.66. The molecular weight excluding hydrogens is 292 g/mol. The van der Waals surface area contributed by atoms with Crippen LogP contribution in [0.2, 0.25) is 0 Å². The molecule has 2 bridgehead atoms. The van der Waals surface area contributed by atoms with Crippen molar-refractivity contribution in [3.8, 4) is 0 Å². The van der Waals surface area contributed by atoms with Crippen LogP contribution in [0.3, 0.4) is 0 Å². The highest BCUT2D eigenvalue weighted by molar-refractivity contribution is 5.38. The fourth-order valence-corrected chi connectivity index (χ4v) is 8.80. The van der Waals surface area contributed by atoms with Gasteiger partial charge in [0.25, 0.3) is 0 Å². The van der Waals surface area contributed by atoms with Crippen LogP contribution in [0, 0.1) is 47.3 Å². The molecule has 5 saturated carbocycles. The van der Waals surface area contributed by atoms with E-state index in [1.54, 1.807) is 27.7 Å². The molecule has 5 rings (SSSR count). The number of aliphatic hydroxyl groups is 4. The SMILES string of the molecule is CC(C)(O)CC1(O)C2C3CC4C5C3C1C5C(O)(CC(C)(C)O)C42. The minimum atomic E-state index is -0.886. The number of hydrogen-bond donors (Lipinski definition) is 4. The van der Waals surface area contributed by atoms with Gasteiger partial charge in [0, 0.05) is 12.8 Å². The second-order valence-electron chi connectivity index (χ2n) is 10.8. The van der Waals surface area contributed by atoms with Crippen LogP contribution in [0.1, 0.15) is 47.0 Å². The molecule has 5 aliphatic rings. The Morgan fingerprint density at radius 2 is 1.09 bits per heavy atom. The van der Waals surface area contributed by atoms with Crippen molar-refractivity contribution < 1.29 is 20.4 Å². The summed E-state index contributed by atoms with van der Waals surface area (Å²) >= 11 is 0. The maximum atomic E-state index is 11.6. The Kier molecular flexibility index (Phi) is 2.41. The maximum Gasteiger partial charge on any atom is 0.0744 e. The van der Waals surface area contributed by atoms with E-state index in [0.717, 1.165) is 6.42 Å². The average Bonchev–Trinajstić information content (AvgIpc) is 2.74. The molecule has 4 heteroatoms. The Labute approximate surface area is 137 Å². The van der Waals surface area contributed by atoms with E-state index in [4.69, 9.17) is 0 Å². The lowest BCUT2D eigenvalue weighted by Gasteiger charge is -2.59. The Hall–Kier alpha value is -0.160. The maximum absolute atomic E-state index is 11.6. The average molecular weight is 322 g/mol. The smallest absolute Gasteiger partial charge is 0.0744 e. The molecule has 4 N–H and O–H groups in total. The molecule has 0 aromatic carbocycles. The van der Waals surface area contributed by atoms with Crippen molar-refractivity contribution in [1.82, 2.24) is 0 Å². The molecule has 0 aromatic heterocycles. The van der Waals surface area contributed by atoms with Crippen molar-refractivity contribution in [2.45, 2.75) is 69.4 Å². The van der Waals surface area contributed by atoms with E-state index in [1.165, 1.54) is 0 Å². The molecule has 0 saturated heterocycles. The molecule has 10 unspecified atom stereocenters. The molecule has 0 heterocycles. The highest BCUT2D eigenvalue weighted by Gasteiger charge is 2.90. The van der Waals surface area contributed by atoms with Crippen LogP contribution >= 0.6 is 0 Å². The zero-order valence-electron chi connectivity index (χ0n) is 14.5. The predicted octanol–water partition coefficient (Wildman–Crippen LogP) is 1.16. The van der Waals surface area contributed by atoms with Crippen LogP contribution in [0.4, 0.5) is 0 Å². The summed E-state index contributed by atoms with van der Waals surface area (Å²) < 4.78 is 0. The molecule has 130 valence electrons. The van der Waals surface area contributed by atoms with Gasteiger partial charge >= 0.3 is 0 Å². The first kappa shape index (κ1) is 15.1. The van der Waals surface area contributed by atoms with E-state index in [-0.39, 0.29) is 23.7 Å². The van der Waals surface area contributed by atoms with Gasteiger partial charge in [0.1, 0.15) is 0 Å². The summed E-state index contributed by atoms with van der Waals surface area (Å²) in [5, 5.41) is 43.9. The fraction of sp³-hybridized carbons (Fsp3) is 1.00. The van der Waals surface area contributed by atoms with Crippen LogP contribution in [-0.2, 0) is 0 Å². The van der Waals surface area contributed by atoms with Crippen molar-refractivity contribution >= 4 is 0 Å². The van der Waals surface area contributed by atoms with Gasteiger partial charge in [-0.2, -0.15) is 0 Å². The molecule has 0 radical (unpaired) electrons. The van der Waals surface area contributed by atoms with Crippen LogP contribution in [0.25, 0.3) is 0 Å². The Morgan fingerprint density at radius 3 is 1.39 bits per heavy atom. The minimum Gasteiger partial charge on any atom is -0.390 e. The van der Waals surface area contributed by atoms with Gasteiger partial charge in [-0.3, -0.25) is 0 Å². The molecule has 0 aromatic rings. The zero-order valence-corrected chi connectivity index (χ0v) is 14.5. The third-order valence-corrected chi connectivity index (χ3v) is 8.24. The number of hydrogen-bond acceptors (Lipinski definition) is 4. The quantitative estimate of drug-likeness (QED) is 0.626. The largest absolute Gasteiger partial charge is 0.390 e. The first-order valence-corrected chi connectivity index (χ1v) is 9.28. The number of rotatable bonds is 4. The molecule has 5 aliphatic carbocycles. The van der Waals surface area contributed by atoms with Gasteiger partial charge in [0.2, 0.25) is 0 Å². The van der Waals surface area contributed by atoms with Gasteiger partial charge in [0.05, 0.1) is 22.4 Å². The second-order valence-corrected chi connectivity index (χ2v) is 10.8. The van der Waals surface area contributed by atoms with Crippen molar-refractivity contribution in [3.63, 3.8) is 0 Å². The van der Waals surface area contributed by atoms with Crippen molar-refractivity contribution in [1.29, 1.82) is 0 Å². The van der Waals surface area contributed by atoms with Gasteiger partial charge in [-0.1, -0.05) is 0 Å². The normalized spacial score (nSPS) is 61.6. The van der Waals surface area contributed by atoms with Crippen LogP contribution < -0.4 is 0 Å². The van der Waals surface area contributed by atoms with E-state index in [0.29, 0.717) is 36.5 Å². The monoisotopic (exact) mass is 322 g/mol. The second kappa shape index (κ2) is 3.67. The minimum absolute atomic E-state index is 0.108. The third kappa shape index (κ3) is 1.49. The standard InChI is InChI=1S/C19H30O4/c1-16(2,20)6-18(22)12-8-5-9-11-10(8)14(18)15(11)19(23,13(9)12)7-17(3,4)21/h8-15,20-23H,5-7H2,1-4H3. The Morgan fingerprint density at radius 1 is 0.739 bits per heavy atom. The van der Waals surface area contributed by atoms with E-state index in [2.05, 4.69) is 0 Å². The highest BCUT2D eigenvalue weighted by Crippen LogP contribution is 2.88. The summed E-state index contributed by atoms with van der Waals surface area (Å²) in [4.78, 5) is 0. The Bertz CT molecular complexity index is 521. The van der Waals surface area contributed by atoms with Crippen LogP contribution in [0.15, 0.2) is 0 Å². The third-order valence-electron chi connectivity index (χ3n) is 8.24. The first-order valence-electron chi connectivity index (χ1n) is 9.28. The topological polar surface area (TPSA) is 80.9 Å². The van der Waals surface area contributed by atoms with Crippen molar-refractivity contribution in [3.05, 3.63) is 0 Å². The van der Waals surface area contributed by atoms with E-state index >= 15 is 0 Å². The molecule has 10 atom stereocenters. The van der Waals surface area contributed by atoms with Gasteiger partial charge in [-0.05, 0) is 81.5 Å². The summed E-state index contributed by atoms with van der Waals surface area (Å²) in [7, 11) is 0. The molecule has 5 fully saturated rings. The van der Waals surface area contributed by atoms with E-state index in [9.17, 15) is 20.4 Å². The van der Waals surface area contributed by atoms with Gasteiger partial charge in [-0.25, -0.2) is 0 Å². The predicted molar refractivity (Wildman–Crippen MR) is 84.3 cm³/mol. The van der Waals surface area contributed by atoms with E-state index < -0.39 is 22.4 Å². The summed E-state index contributed by atoms with van der Waals surface area (Å²) in [5.74, 6) is 2.60. The zero-order chi connectivity index (χ0) is 16.7. The van der Waals surface area contributed by atoms with Crippen LogP contribution in [0.5, 0.6) is 0 Å². The molecule has 0 spiro atoms. The van der Waals surface area contributed by atoms with Gasteiger partial charge in [0.15, 0.2) is 0 Å². The lowest BCUT2D eigenvalue weighted by molar-refractivity contribution is -0.240. The molecular formula is C19H30O4. The van der Waals surface area contributed by atoms with Crippen molar-refractivity contribution in [2.24, 2.45) is 47.3 Å². The van der Waals surface area contributed by atoms with Gasteiger partial charge in [-0.15, -0.1) is 0 Å². The highest BCUT2D eigenvalue weighted by atomic mass is 16.3. The number of fused-ring (bicyclic) bond motifs is 2. The van der Waals surface area contributed by atoms with Crippen LogP contribution in [-0.4, -0.2) is 42.8 Å². The summed E-state index contributed by atoms with van der Waals surface area (Å²) in [6, 6.07) is 0. The first-order chi connectivity index (χ1) is 10.4. The molecule has 0 aliphatic heterocycles. The summed E-state index contributed by atoms with van der Waals surface area (Å²) in [5.41, 5.74) is -3.42. The lowest BCUT2D eigenvalue weighted by atomic mass is 9.49. The Balaban J connectivity index is 1.58. The molecule has 0 amide bonds. The summed E-state index contributed by atoms with van der Waals surface area (Å²) in [6.45, 7) is 7.12. The van der Waals surface area contributed by atoms with Crippen molar-refractivity contribution in [2.75, 3.05) is 0 Å². The molecule has 23 heavy (non-hydrogen) atoms. The van der Waals surface area contributed by atoms with Gasteiger partial charge < -0.3 is 20.4 Å². The van der Waals surface area contributed by atoms with E-state index in [1.807, 2.05) is 0 Å². The fourth-order valence-electron chi connectivity index (χ4n) is 8.80. The summed E-state index contributed by atoms with van der Waals surface area (Å²) in [6.07, 6.45) is 1.96. The molecule has 4 nitrogen and oxygen atoms in total.